The van der Waals surface area contributed by atoms with Crippen LogP contribution in [0.25, 0.3) is 0 Å². The van der Waals surface area contributed by atoms with Crippen LogP contribution >= 0.6 is 34.8 Å². The fourth-order valence-electron chi connectivity index (χ4n) is 1.10. The molecule has 1 rings (SSSR count). The number of amides is 2. The van der Waals surface area contributed by atoms with Gasteiger partial charge < -0.3 is 16.4 Å². The van der Waals surface area contributed by atoms with E-state index in [2.05, 4.69) is 10.6 Å². The molecule has 18 heavy (non-hydrogen) atoms. The van der Waals surface area contributed by atoms with E-state index >= 15 is 0 Å². The number of halogens is 3. The number of para-hydroxylation sites is 2. The number of nitrogens with one attached hydrogen (secondary N) is 2. The number of carbonyl (C=O) groups is 2. The summed E-state index contributed by atoms with van der Waals surface area (Å²) in [5.74, 6) is -1.22. The Balaban J connectivity index is 2.89. The Morgan fingerprint density at radius 2 is 1.61 bits per heavy atom. The highest BCUT2D eigenvalue weighted by molar-refractivity contribution is 6.76. The molecule has 2 amide bonds. The minimum Gasteiger partial charge on any atom is -0.323 e. The Morgan fingerprint density at radius 1 is 1.11 bits per heavy atom. The van der Waals surface area contributed by atoms with E-state index in [9.17, 15) is 9.59 Å². The lowest BCUT2D eigenvalue weighted by Crippen LogP contribution is -2.28. The predicted octanol–water partition coefficient (Wildman–Crippen LogP) is 1.89. The summed E-state index contributed by atoms with van der Waals surface area (Å²) in [5, 5.41) is 4.90. The summed E-state index contributed by atoms with van der Waals surface area (Å²) in [7, 11) is 0. The van der Waals surface area contributed by atoms with E-state index in [0.717, 1.165) is 0 Å². The molecule has 98 valence electrons. The van der Waals surface area contributed by atoms with Crippen molar-refractivity contribution in [3.63, 3.8) is 0 Å². The van der Waals surface area contributed by atoms with Crippen molar-refractivity contribution in [2.24, 2.45) is 5.73 Å². The van der Waals surface area contributed by atoms with Crippen LogP contribution < -0.4 is 16.4 Å². The zero-order valence-corrected chi connectivity index (χ0v) is 11.3. The Labute approximate surface area is 119 Å². The summed E-state index contributed by atoms with van der Waals surface area (Å²) < 4.78 is -2.08. The Morgan fingerprint density at radius 3 is 2.06 bits per heavy atom. The Bertz CT molecular complexity index is 460. The number of alkyl halides is 3. The molecule has 0 saturated carbocycles. The van der Waals surface area contributed by atoms with Crippen LogP contribution in [0, 0.1) is 0 Å². The van der Waals surface area contributed by atoms with Crippen LogP contribution in [-0.2, 0) is 9.59 Å². The average Bonchev–Trinajstić information content (AvgIpc) is 2.30. The van der Waals surface area contributed by atoms with Gasteiger partial charge in [0.1, 0.15) is 0 Å². The van der Waals surface area contributed by atoms with Gasteiger partial charge in [-0.05, 0) is 12.1 Å². The summed E-state index contributed by atoms with van der Waals surface area (Å²) in [6, 6.07) is 6.48. The van der Waals surface area contributed by atoms with E-state index < -0.39 is 15.6 Å². The fourth-order valence-corrected chi connectivity index (χ4v) is 1.24. The number of rotatable bonds is 3. The van der Waals surface area contributed by atoms with Crippen LogP contribution in [0.4, 0.5) is 11.4 Å². The fraction of sp³-hybridized carbons (Fsp3) is 0.200. The highest BCUT2D eigenvalue weighted by atomic mass is 35.6. The van der Waals surface area contributed by atoms with Gasteiger partial charge >= 0.3 is 0 Å². The average molecular weight is 311 g/mol. The summed E-state index contributed by atoms with van der Waals surface area (Å²) in [5.41, 5.74) is 5.86. The largest absolute Gasteiger partial charge is 0.323 e. The molecule has 1 aromatic rings. The van der Waals surface area contributed by atoms with Crippen molar-refractivity contribution in [1.82, 2.24) is 0 Å². The zero-order valence-electron chi connectivity index (χ0n) is 9.04. The molecule has 1 aromatic carbocycles. The van der Waals surface area contributed by atoms with Crippen LogP contribution in [0.3, 0.4) is 0 Å². The third-order valence-electron chi connectivity index (χ3n) is 1.89. The first-order valence-corrected chi connectivity index (χ1v) is 5.95. The van der Waals surface area contributed by atoms with Gasteiger partial charge in [-0.1, -0.05) is 46.9 Å². The van der Waals surface area contributed by atoms with Gasteiger partial charge in [-0.2, -0.15) is 0 Å². The van der Waals surface area contributed by atoms with Gasteiger partial charge in [-0.25, -0.2) is 0 Å². The highest BCUT2D eigenvalue weighted by Crippen LogP contribution is 2.29. The lowest BCUT2D eigenvalue weighted by atomic mass is 10.2. The maximum absolute atomic E-state index is 11.5. The molecule has 0 aliphatic heterocycles. The standard InChI is InChI=1S/C10H10Cl3N3O2/c11-10(12,13)9(18)16-7-4-2-1-3-6(7)15-8(17)5-14/h1-4H,5,14H2,(H,15,17)(H,16,18). The quantitative estimate of drug-likeness (QED) is 0.745. The van der Waals surface area contributed by atoms with Crippen molar-refractivity contribution in [2.75, 3.05) is 17.2 Å². The monoisotopic (exact) mass is 309 g/mol. The molecular weight excluding hydrogens is 300 g/mol. The number of benzene rings is 1. The molecule has 0 heterocycles. The van der Waals surface area contributed by atoms with Crippen LogP contribution in [0.15, 0.2) is 24.3 Å². The van der Waals surface area contributed by atoms with Gasteiger partial charge in [0.2, 0.25) is 5.91 Å². The molecule has 0 aliphatic rings. The second kappa shape index (κ2) is 6.24. The summed E-state index contributed by atoms with van der Waals surface area (Å²) in [4.78, 5) is 22.7. The first-order chi connectivity index (χ1) is 8.34. The minimum absolute atomic E-state index is 0.174. The number of anilines is 2. The first-order valence-electron chi connectivity index (χ1n) is 4.81. The van der Waals surface area contributed by atoms with Crippen molar-refractivity contribution in [3.05, 3.63) is 24.3 Å². The lowest BCUT2D eigenvalue weighted by molar-refractivity contribution is -0.116. The van der Waals surface area contributed by atoms with Crippen molar-refractivity contribution in [1.29, 1.82) is 0 Å². The minimum atomic E-state index is -2.08. The van der Waals surface area contributed by atoms with Gasteiger partial charge in [-0.15, -0.1) is 0 Å². The second-order valence-electron chi connectivity index (χ2n) is 3.25. The zero-order chi connectivity index (χ0) is 13.8. The van der Waals surface area contributed by atoms with Crippen molar-refractivity contribution in [2.45, 2.75) is 3.79 Å². The Hall–Kier alpha value is -1.01. The van der Waals surface area contributed by atoms with Crippen LogP contribution in [0.5, 0.6) is 0 Å². The highest BCUT2D eigenvalue weighted by Gasteiger charge is 2.31. The molecule has 5 nitrogen and oxygen atoms in total. The maximum Gasteiger partial charge on any atom is 0.276 e. The van der Waals surface area contributed by atoms with E-state index in [-0.39, 0.29) is 6.54 Å². The Kier molecular flexibility index (Phi) is 5.22. The predicted molar refractivity (Wildman–Crippen MR) is 73.0 cm³/mol. The van der Waals surface area contributed by atoms with E-state index in [1.54, 1.807) is 24.3 Å². The third-order valence-corrected chi connectivity index (χ3v) is 2.41. The number of hydrogen-bond acceptors (Lipinski definition) is 3. The molecular formula is C10H10Cl3N3O2. The lowest BCUT2D eigenvalue weighted by Gasteiger charge is -2.14. The smallest absolute Gasteiger partial charge is 0.276 e. The van der Waals surface area contributed by atoms with Gasteiger partial charge in [0.05, 0.1) is 17.9 Å². The molecule has 0 radical (unpaired) electrons. The van der Waals surface area contributed by atoms with Crippen molar-refractivity contribution >= 4 is 58.0 Å². The molecule has 0 fully saturated rings. The molecule has 0 saturated heterocycles. The van der Waals surface area contributed by atoms with E-state index in [1.165, 1.54) is 0 Å². The molecule has 0 aromatic heterocycles. The van der Waals surface area contributed by atoms with Crippen LogP contribution in [0.1, 0.15) is 0 Å². The molecule has 0 unspecified atom stereocenters. The van der Waals surface area contributed by atoms with E-state index in [1.807, 2.05) is 0 Å². The van der Waals surface area contributed by atoms with Gasteiger partial charge in [-0.3, -0.25) is 9.59 Å². The first kappa shape index (κ1) is 15.0. The van der Waals surface area contributed by atoms with Gasteiger partial charge in [0, 0.05) is 0 Å². The molecule has 0 bridgehead atoms. The summed E-state index contributed by atoms with van der Waals surface area (Å²) in [6.07, 6.45) is 0. The van der Waals surface area contributed by atoms with Crippen LogP contribution in [0.2, 0.25) is 0 Å². The number of carbonyl (C=O) groups excluding carboxylic acids is 2. The van der Waals surface area contributed by atoms with E-state index in [4.69, 9.17) is 40.5 Å². The van der Waals surface area contributed by atoms with Crippen LogP contribution in [-0.4, -0.2) is 22.2 Å². The van der Waals surface area contributed by atoms with E-state index in [0.29, 0.717) is 11.4 Å². The number of nitrogens with two attached hydrogens (primary N) is 1. The number of hydrogen-bond donors (Lipinski definition) is 3. The molecule has 0 aliphatic carbocycles. The second-order valence-corrected chi connectivity index (χ2v) is 5.53. The molecule has 0 atom stereocenters. The SMILES string of the molecule is NCC(=O)Nc1ccccc1NC(=O)C(Cl)(Cl)Cl. The van der Waals surface area contributed by atoms with Gasteiger partial charge in [0.15, 0.2) is 0 Å². The normalized spacial score (nSPS) is 10.9. The summed E-state index contributed by atoms with van der Waals surface area (Å²) in [6.45, 7) is -0.174. The summed E-state index contributed by atoms with van der Waals surface area (Å²) >= 11 is 16.3. The topological polar surface area (TPSA) is 84.2 Å². The molecule has 8 heteroatoms. The molecule has 4 N–H and O–H groups in total. The third kappa shape index (κ3) is 4.34. The molecule has 0 spiro atoms. The van der Waals surface area contributed by atoms with Crippen molar-refractivity contribution < 1.29 is 9.59 Å². The maximum atomic E-state index is 11.5. The van der Waals surface area contributed by atoms with Gasteiger partial charge in [0.25, 0.3) is 9.70 Å². The van der Waals surface area contributed by atoms with Crippen molar-refractivity contribution in [3.8, 4) is 0 Å².